The van der Waals surface area contributed by atoms with Gasteiger partial charge in [-0.1, -0.05) is 69.3 Å². The molecule has 214 valence electrons. The van der Waals surface area contributed by atoms with Gasteiger partial charge in [0.1, 0.15) is 11.6 Å². The smallest absolute Gasteiger partial charge is 0.258 e. The Balaban J connectivity index is 1.89. The van der Waals surface area contributed by atoms with Gasteiger partial charge in [0.25, 0.3) is 5.91 Å². The summed E-state index contributed by atoms with van der Waals surface area (Å²) in [6.45, 7) is 8.31. The van der Waals surface area contributed by atoms with Crippen LogP contribution in [0.3, 0.4) is 0 Å². The number of aliphatic hydroxyl groups excluding tert-OH is 1. The molecule has 2 unspecified atom stereocenters. The summed E-state index contributed by atoms with van der Waals surface area (Å²) < 4.78 is 16.3. The number of halogens is 1. The summed E-state index contributed by atoms with van der Waals surface area (Å²) in [5, 5.41) is 13.5. The van der Waals surface area contributed by atoms with Crippen LogP contribution in [0.5, 0.6) is 0 Å². The van der Waals surface area contributed by atoms with Crippen molar-refractivity contribution in [3.63, 3.8) is 0 Å². The number of aromatic nitrogens is 1. The van der Waals surface area contributed by atoms with Crippen molar-refractivity contribution in [3.8, 4) is 22.4 Å². The van der Waals surface area contributed by atoms with Gasteiger partial charge in [-0.25, -0.2) is 4.39 Å². The molecule has 1 amide bonds. The van der Waals surface area contributed by atoms with Gasteiger partial charge in [0.05, 0.1) is 17.4 Å². The van der Waals surface area contributed by atoms with Crippen LogP contribution in [0, 0.1) is 11.7 Å². The highest BCUT2D eigenvalue weighted by atomic mass is 19.1. The molecule has 5 nitrogen and oxygen atoms in total. The number of nitrogens with zero attached hydrogens (tertiary/aromatic N) is 1. The van der Waals surface area contributed by atoms with E-state index in [2.05, 4.69) is 30.7 Å². The number of rotatable bonds is 12. The minimum absolute atomic E-state index is 0.00166. The number of ketones is 1. The van der Waals surface area contributed by atoms with Crippen molar-refractivity contribution >= 4 is 17.4 Å². The molecular weight excluding hydrogens is 515 g/mol. The largest absolute Gasteiger partial charge is 0.393 e. The van der Waals surface area contributed by atoms with E-state index in [1.54, 1.807) is 12.1 Å². The average molecular weight is 555 g/mol. The SMILES string of the molecule is CC(=O)CC(O)CC(C)CCn1c(-c2ccc(F)cc2)c(-c2ccccc2)c(C(=O)Nc2ccccc2)c1C(C)C. The molecule has 0 saturated heterocycles. The zero-order valence-electron chi connectivity index (χ0n) is 24.2. The molecule has 2 atom stereocenters. The molecule has 0 spiro atoms. The first kappa shape index (κ1) is 29.9. The van der Waals surface area contributed by atoms with E-state index in [9.17, 15) is 19.1 Å². The molecule has 0 fully saturated rings. The number of nitrogens with one attached hydrogen (secondary N) is 1. The molecular formula is C35H39FN2O3. The number of anilines is 1. The summed E-state index contributed by atoms with van der Waals surface area (Å²) in [5.41, 5.74) is 5.57. The zero-order valence-corrected chi connectivity index (χ0v) is 24.2. The minimum Gasteiger partial charge on any atom is -0.393 e. The highest BCUT2D eigenvalue weighted by Crippen LogP contribution is 2.42. The maximum atomic E-state index is 14.1. The van der Waals surface area contributed by atoms with E-state index in [0.717, 1.165) is 34.5 Å². The molecule has 1 heterocycles. The molecule has 2 N–H and O–H groups in total. The minimum atomic E-state index is -0.680. The van der Waals surface area contributed by atoms with Crippen molar-refractivity contribution in [3.05, 3.63) is 102 Å². The first-order chi connectivity index (χ1) is 19.7. The van der Waals surface area contributed by atoms with Gasteiger partial charge in [0.15, 0.2) is 0 Å². The molecule has 41 heavy (non-hydrogen) atoms. The molecule has 0 aliphatic rings. The average Bonchev–Trinajstić information content (AvgIpc) is 3.28. The maximum Gasteiger partial charge on any atom is 0.258 e. The van der Waals surface area contributed by atoms with Crippen molar-refractivity contribution < 1.29 is 19.1 Å². The number of carbonyl (C=O) groups excluding carboxylic acids is 2. The van der Waals surface area contributed by atoms with Crippen LogP contribution < -0.4 is 5.32 Å². The second kappa shape index (κ2) is 13.6. The van der Waals surface area contributed by atoms with Gasteiger partial charge in [-0.3, -0.25) is 9.59 Å². The summed E-state index contributed by atoms with van der Waals surface area (Å²) in [5.74, 6) is -0.424. The lowest BCUT2D eigenvalue weighted by Crippen LogP contribution is -2.18. The van der Waals surface area contributed by atoms with Crippen molar-refractivity contribution in [1.82, 2.24) is 4.57 Å². The second-order valence-corrected chi connectivity index (χ2v) is 11.2. The van der Waals surface area contributed by atoms with E-state index in [1.165, 1.54) is 19.1 Å². The fourth-order valence-corrected chi connectivity index (χ4v) is 5.56. The van der Waals surface area contributed by atoms with E-state index in [0.29, 0.717) is 24.2 Å². The Morgan fingerprint density at radius 2 is 1.49 bits per heavy atom. The molecule has 3 aromatic carbocycles. The normalized spacial score (nSPS) is 12.8. The summed E-state index contributed by atoms with van der Waals surface area (Å²) in [7, 11) is 0. The number of hydrogen-bond donors (Lipinski definition) is 2. The molecule has 0 bridgehead atoms. The molecule has 6 heteroatoms. The van der Waals surface area contributed by atoms with Gasteiger partial charge in [-0.05, 0) is 79.1 Å². The Labute approximate surface area is 242 Å². The van der Waals surface area contributed by atoms with Crippen LogP contribution in [0.4, 0.5) is 10.1 Å². The number of benzene rings is 3. The Bertz CT molecular complexity index is 1460. The summed E-state index contributed by atoms with van der Waals surface area (Å²) in [4.78, 5) is 25.6. The number of Topliss-reactive ketones (excluding diaryl/α,β-unsaturated/α-hetero) is 1. The Kier molecular flexibility index (Phi) is 9.90. The molecule has 0 saturated carbocycles. The lowest BCUT2D eigenvalue weighted by atomic mass is 9.94. The van der Waals surface area contributed by atoms with Crippen LogP contribution in [-0.4, -0.2) is 27.5 Å². The highest BCUT2D eigenvalue weighted by Gasteiger charge is 2.30. The third kappa shape index (κ3) is 7.39. The zero-order chi connectivity index (χ0) is 29.5. The monoisotopic (exact) mass is 554 g/mol. The maximum absolute atomic E-state index is 14.1. The van der Waals surface area contributed by atoms with Gasteiger partial charge < -0.3 is 15.0 Å². The van der Waals surface area contributed by atoms with E-state index < -0.39 is 6.10 Å². The van der Waals surface area contributed by atoms with E-state index in [1.807, 2.05) is 60.7 Å². The van der Waals surface area contributed by atoms with Crippen molar-refractivity contribution in [2.24, 2.45) is 5.92 Å². The van der Waals surface area contributed by atoms with E-state index >= 15 is 0 Å². The lowest BCUT2D eigenvalue weighted by molar-refractivity contribution is -0.119. The Morgan fingerprint density at radius 3 is 2.07 bits per heavy atom. The Morgan fingerprint density at radius 1 is 0.878 bits per heavy atom. The number of hydrogen-bond acceptors (Lipinski definition) is 3. The van der Waals surface area contributed by atoms with Crippen molar-refractivity contribution in [2.75, 3.05) is 5.32 Å². The number of amides is 1. The van der Waals surface area contributed by atoms with Crippen molar-refractivity contribution in [2.45, 2.75) is 65.5 Å². The van der Waals surface area contributed by atoms with Gasteiger partial charge in [0, 0.05) is 29.9 Å². The molecule has 0 aliphatic carbocycles. The highest BCUT2D eigenvalue weighted by molar-refractivity contribution is 6.12. The van der Waals surface area contributed by atoms with Crippen LogP contribution >= 0.6 is 0 Å². The van der Waals surface area contributed by atoms with Crippen LogP contribution in [0.1, 0.15) is 68.9 Å². The molecule has 4 aromatic rings. The predicted octanol–water partition coefficient (Wildman–Crippen LogP) is 8.09. The summed E-state index contributed by atoms with van der Waals surface area (Å²) in [6.07, 6.45) is 0.705. The summed E-state index contributed by atoms with van der Waals surface area (Å²) in [6, 6.07) is 25.6. The van der Waals surface area contributed by atoms with Gasteiger partial charge in [0.2, 0.25) is 0 Å². The van der Waals surface area contributed by atoms with Gasteiger partial charge in [-0.15, -0.1) is 0 Å². The fourth-order valence-electron chi connectivity index (χ4n) is 5.56. The number of aliphatic hydroxyl groups is 1. The molecule has 1 aromatic heterocycles. The van der Waals surface area contributed by atoms with Crippen molar-refractivity contribution in [1.29, 1.82) is 0 Å². The van der Waals surface area contributed by atoms with Gasteiger partial charge >= 0.3 is 0 Å². The molecule has 0 radical (unpaired) electrons. The van der Waals surface area contributed by atoms with Crippen LogP contribution in [0.15, 0.2) is 84.9 Å². The topological polar surface area (TPSA) is 71.3 Å². The van der Waals surface area contributed by atoms with Crippen LogP contribution in [0.2, 0.25) is 0 Å². The van der Waals surface area contributed by atoms with E-state index in [4.69, 9.17) is 0 Å². The first-order valence-electron chi connectivity index (χ1n) is 14.3. The van der Waals surface area contributed by atoms with Gasteiger partial charge in [-0.2, -0.15) is 0 Å². The first-order valence-corrected chi connectivity index (χ1v) is 14.3. The molecule has 4 rings (SSSR count). The third-order valence-corrected chi connectivity index (χ3v) is 7.33. The quantitative estimate of drug-likeness (QED) is 0.186. The van der Waals surface area contributed by atoms with Crippen LogP contribution in [0.25, 0.3) is 22.4 Å². The Hall–Kier alpha value is -4.03. The van der Waals surface area contributed by atoms with E-state index in [-0.39, 0.29) is 35.8 Å². The van der Waals surface area contributed by atoms with Crippen LogP contribution in [-0.2, 0) is 11.3 Å². The second-order valence-electron chi connectivity index (χ2n) is 11.2. The molecule has 0 aliphatic heterocycles. The lowest BCUT2D eigenvalue weighted by Gasteiger charge is -2.20. The summed E-state index contributed by atoms with van der Waals surface area (Å²) >= 11 is 0. The number of carbonyl (C=O) groups is 2. The predicted molar refractivity (Wildman–Crippen MR) is 163 cm³/mol. The number of para-hydroxylation sites is 1. The standard InChI is InChI=1S/C35H39FN2O3/c1-23(2)33-32(35(41)37-29-13-9-6-10-14-29)31(26-11-7-5-8-12-26)34(27-15-17-28(36)18-16-27)38(33)20-19-24(3)21-30(40)22-25(4)39/h5-18,23-24,30,40H,19-22H2,1-4H3,(H,37,41). The third-order valence-electron chi connectivity index (χ3n) is 7.33. The fraction of sp³-hybridized carbons (Fsp3) is 0.314.